The largest absolute Gasteiger partial charge is 0.497 e. The van der Waals surface area contributed by atoms with Crippen molar-refractivity contribution >= 4 is 27.8 Å². The van der Waals surface area contributed by atoms with Gasteiger partial charge in [-0.25, -0.2) is 9.97 Å². The topological polar surface area (TPSA) is 101 Å². The van der Waals surface area contributed by atoms with Crippen molar-refractivity contribution in [1.82, 2.24) is 25.1 Å². The van der Waals surface area contributed by atoms with Crippen LogP contribution in [-0.4, -0.2) is 45.9 Å². The van der Waals surface area contributed by atoms with Crippen LogP contribution in [0.5, 0.6) is 11.5 Å². The van der Waals surface area contributed by atoms with Gasteiger partial charge < -0.3 is 19.8 Å². The van der Waals surface area contributed by atoms with Gasteiger partial charge in [-0.1, -0.05) is 0 Å². The molecule has 4 rings (SSSR count). The molecule has 8 nitrogen and oxygen atoms in total. The van der Waals surface area contributed by atoms with Crippen molar-refractivity contribution in [3.05, 3.63) is 36.4 Å². The van der Waals surface area contributed by atoms with Crippen LogP contribution in [0, 0.1) is 0 Å². The van der Waals surface area contributed by atoms with Crippen molar-refractivity contribution < 1.29 is 9.47 Å². The normalized spacial score (nSPS) is 11.2. The molecule has 0 amide bonds. The van der Waals surface area contributed by atoms with Crippen LogP contribution in [0.2, 0.25) is 0 Å². The fraction of sp³-hybridized carbons (Fsp3) is 0.278. The first-order valence-electron chi connectivity index (χ1n) is 8.40. The van der Waals surface area contributed by atoms with Crippen molar-refractivity contribution in [3.63, 3.8) is 0 Å². The van der Waals surface area contributed by atoms with Gasteiger partial charge in [0.05, 0.1) is 31.3 Å². The number of methoxy groups -OCH3 is 2. The lowest BCUT2D eigenvalue weighted by atomic mass is 10.2. The summed E-state index contributed by atoms with van der Waals surface area (Å²) >= 11 is 0. The number of hydrogen-bond acceptors (Lipinski definition) is 6. The average Bonchev–Trinajstić information content (AvgIpc) is 3.30. The molecule has 26 heavy (non-hydrogen) atoms. The zero-order chi connectivity index (χ0) is 17.9. The molecule has 3 heterocycles. The quantitative estimate of drug-likeness (QED) is 0.442. The fourth-order valence-corrected chi connectivity index (χ4v) is 3.05. The number of ether oxygens (including phenoxy) is 2. The van der Waals surface area contributed by atoms with Gasteiger partial charge in [0.1, 0.15) is 23.6 Å². The monoisotopic (exact) mass is 352 g/mol. The molecule has 0 aliphatic carbocycles. The van der Waals surface area contributed by atoms with Gasteiger partial charge >= 0.3 is 0 Å². The first-order valence-corrected chi connectivity index (χ1v) is 8.40. The van der Waals surface area contributed by atoms with Gasteiger partial charge in [0.15, 0.2) is 5.65 Å². The van der Waals surface area contributed by atoms with Crippen molar-refractivity contribution in [2.24, 2.45) is 0 Å². The lowest BCUT2D eigenvalue weighted by Gasteiger charge is -2.05. The molecule has 0 saturated carbocycles. The van der Waals surface area contributed by atoms with E-state index in [0.29, 0.717) is 0 Å². The number of benzene rings is 1. The molecule has 0 aliphatic heterocycles. The van der Waals surface area contributed by atoms with E-state index in [0.717, 1.165) is 64.3 Å². The number of hydrogen-bond donors (Lipinski definition) is 3. The molecular formula is C18H20N6O2. The third kappa shape index (κ3) is 3.01. The van der Waals surface area contributed by atoms with Crippen LogP contribution >= 0.6 is 0 Å². The van der Waals surface area contributed by atoms with E-state index >= 15 is 0 Å². The Morgan fingerprint density at radius 3 is 2.85 bits per heavy atom. The number of rotatable bonds is 7. The first-order chi connectivity index (χ1) is 12.8. The van der Waals surface area contributed by atoms with E-state index in [9.17, 15) is 0 Å². The maximum atomic E-state index is 5.46. The van der Waals surface area contributed by atoms with Gasteiger partial charge in [-0.2, -0.15) is 5.10 Å². The molecule has 0 saturated heterocycles. The molecule has 3 aromatic heterocycles. The van der Waals surface area contributed by atoms with E-state index in [1.54, 1.807) is 20.4 Å². The van der Waals surface area contributed by atoms with Crippen LogP contribution in [0.1, 0.15) is 12.1 Å². The Kier molecular flexibility index (Phi) is 4.30. The van der Waals surface area contributed by atoms with Crippen molar-refractivity contribution in [2.75, 3.05) is 26.1 Å². The van der Waals surface area contributed by atoms with Crippen LogP contribution < -0.4 is 14.8 Å². The van der Waals surface area contributed by atoms with Crippen molar-refractivity contribution in [2.45, 2.75) is 12.8 Å². The highest BCUT2D eigenvalue weighted by Crippen LogP contribution is 2.31. The average molecular weight is 352 g/mol. The summed E-state index contributed by atoms with van der Waals surface area (Å²) in [5, 5.41) is 12.2. The smallest absolute Gasteiger partial charge is 0.160 e. The van der Waals surface area contributed by atoms with E-state index in [1.807, 2.05) is 12.1 Å². The molecule has 3 N–H and O–H groups in total. The summed E-state index contributed by atoms with van der Waals surface area (Å²) in [6, 6.07) is 6.01. The Hall–Kier alpha value is -3.29. The highest BCUT2D eigenvalue weighted by Gasteiger charge is 2.09. The Morgan fingerprint density at radius 1 is 1.08 bits per heavy atom. The third-order valence-electron chi connectivity index (χ3n) is 4.35. The molecule has 0 bridgehead atoms. The van der Waals surface area contributed by atoms with Crippen LogP contribution in [0.25, 0.3) is 21.9 Å². The van der Waals surface area contributed by atoms with Crippen LogP contribution in [0.4, 0.5) is 5.82 Å². The number of fused-ring (bicyclic) bond motifs is 2. The summed E-state index contributed by atoms with van der Waals surface area (Å²) in [5.41, 5.74) is 2.91. The summed E-state index contributed by atoms with van der Waals surface area (Å²) in [6.45, 7) is 0.799. The third-order valence-corrected chi connectivity index (χ3v) is 4.35. The molecule has 8 heteroatoms. The lowest BCUT2D eigenvalue weighted by Crippen LogP contribution is -2.05. The molecule has 134 valence electrons. The number of aryl methyl sites for hydroxylation is 1. The van der Waals surface area contributed by atoms with Crippen LogP contribution in [-0.2, 0) is 6.42 Å². The SMILES string of the molecule is COc1cc(OC)c2cc(CCCNc3ncnc4[nH]ncc34)[nH]c2c1. The maximum absolute atomic E-state index is 5.46. The minimum atomic E-state index is 0.735. The predicted molar refractivity (Wildman–Crippen MR) is 99.9 cm³/mol. The Balaban J connectivity index is 1.42. The number of H-pyrrole nitrogens is 2. The standard InChI is InChI=1S/C18H20N6O2/c1-25-12-7-15-13(16(8-12)26-2)6-11(23-15)4-3-5-19-17-14-9-22-24-18(14)21-10-20-17/h6-10,23H,3-5H2,1-2H3,(H2,19,20,21,22,24). The number of anilines is 1. The van der Waals surface area contributed by atoms with Gasteiger partial charge in [-0.05, 0) is 18.9 Å². The number of nitrogens with one attached hydrogen (secondary N) is 3. The van der Waals surface area contributed by atoms with Crippen LogP contribution in [0.15, 0.2) is 30.7 Å². The highest BCUT2D eigenvalue weighted by atomic mass is 16.5. The minimum Gasteiger partial charge on any atom is -0.497 e. The predicted octanol–water partition coefficient (Wildman–Crippen LogP) is 2.90. The van der Waals surface area contributed by atoms with E-state index in [1.165, 1.54) is 6.33 Å². The highest BCUT2D eigenvalue weighted by molar-refractivity contribution is 5.88. The maximum Gasteiger partial charge on any atom is 0.160 e. The summed E-state index contributed by atoms with van der Waals surface area (Å²) in [4.78, 5) is 11.9. The summed E-state index contributed by atoms with van der Waals surface area (Å²) in [5.74, 6) is 2.38. The molecule has 0 atom stereocenters. The second-order valence-corrected chi connectivity index (χ2v) is 5.97. The lowest BCUT2D eigenvalue weighted by molar-refractivity contribution is 0.398. The number of aromatic amines is 2. The van der Waals surface area contributed by atoms with Crippen LogP contribution in [0.3, 0.4) is 0 Å². The molecule has 0 unspecified atom stereocenters. The van der Waals surface area contributed by atoms with Gasteiger partial charge in [0.2, 0.25) is 0 Å². The molecule has 1 aromatic carbocycles. The molecule has 0 spiro atoms. The second-order valence-electron chi connectivity index (χ2n) is 5.97. The van der Waals surface area contributed by atoms with Gasteiger partial charge in [0, 0.05) is 29.8 Å². The number of aromatic nitrogens is 5. The summed E-state index contributed by atoms with van der Waals surface area (Å²) in [6.07, 6.45) is 5.12. The van der Waals surface area contributed by atoms with E-state index < -0.39 is 0 Å². The molecular weight excluding hydrogens is 332 g/mol. The summed E-state index contributed by atoms with van der Waals surface area (Å²) < 4.78 is 10.8. The Labute approximate surface area is 149 Å². The second kappa shape index (κ2) is 6.91. The van der Waals surface area contributed by atoms with E-state index in [-0.39, 0.29) is 0 Å². The minimum absolute atomic E-state index is 0.735. The Morgan fingerprint density at radius 2 is 2.00 bits per heavy atom. The van der Waals surface area contributed by atoms with E-state index in [4.69, 9.17) is 9.47 Å². The number of nitrogens with zero attached hydrogens (tertiary/aromatic N) is 3. The van der Waals surface area contributed by atoms with Crippen molar-refractivity contribution in [1.29, 1.82) is 0 Å². The van der Waals surface area contributed by atoms with E-state index in [2.05, 4.69) is 36.5 Å². The Bertz CT molecular complexity index is 1040. The zero-order valence-electron chi connectivity index (χ0n) is 14.7. The molecule has 4 aromatic rings. The van der Waals surface area contributed by atoms with Crippen molar-refractivity contribution in [3.8, 4) is 11.5 Å². The molecule has 0 radical (unpaired) electrons. The first kappa shape index (κ1) is 16.2. The summed E-state index contributed by atoms with van der Waals surface area (Å²) in [7, 11) is 3.32. The van der Waals surface area contributed by atoms with Gasteiger partial charge in [-0.3, -0.25) is 5.10 Å². The fourth-order valence-electron chi connectivity index (χ4n) is 3.05. The molecule has 0 aliphatic rings. The van der Waals surface area contributed by atoms with Gasteiger partial charge in [-0.15, -0.1) is 0 Å². The molecule has 0 fully saturated rings. The zero-order valence-corrected chi connectivity index (χ0v) is 14.7. The van der Waals surface area contributed by atoms with Gasteiger partial charge in [0.25, 0.3) is 0 Å².